The van der Waals surface area contributed by atoms with Crippen molar-refractivity contribution in [1.29, 1.82) is 0 Å². The van der Waals surface area contributed by atoms with Gasteiger partial charge < -0.3 is 5.32 Å². The molecule has 1 atom stereocenters. The standard InChI is InChI=1S/C12H24N2/c1-7-12(6)13-8-9-14(10(2)3)11(4)5/h1,10-13H,8-9H2,2-6H3. The number of rotatable bonds is 6. The van der Waals surface area contributed by atoms with Crippen molar-refractivity contribution in [2.45, 2.75) is 52.7 Å². The lowest BCUT2D eigenvalue weighted by Crippen LogP contribution is -2.42. The number of nitrogens with one attached hydrogen (secondary N) is 1. The molecule has 0 aliphatic carbocycles. The third kappa shape index (κ3) is 5.26. The summed E-state index contributed by atoms with van der Waals surface area (Å²) >= 11 is 0. The highest BCUT2D eigenvalue weighted by atomic mass is 15.2. The molecule has 0 heterocycles. The first kappa shape index (κ1) is 13.5. The van der Waals surface area contributed by atoms with Gasteiger partial charge in [0.1, 0.15) is 0 Å². The van der Waals surface area contributed by atoms with Gasteiger partial charge in [-0.25, -0.2) is 0 Å². The second-order valence-electron chi connectivity index (χ2n) is 4.27. The van der Waals surface area contributed by atoms with Gasteiger partial charge in [-0.1, -0.05) is 5.92 Å². The highest BCUT2D eigenvalue weighted by Crippen LogP contribution is 2.03. The lowest BCUT2D eigenvalue weighted by Gasteiger charge is -2.30. The molecule has 1 N–H and O–H groups in total. The number of hydrogen-bond acceptors (Lipinski definition) is 2. The van der Waals surface area contributed by atoms with Crippen LogP contribution in [0.3, 0.4) is 0 Å². The lowest BCUT2D eigenvalue weighted by molar-refractivity contribution is 0.175. The molecular formula is C12H24N2. The summed E-state index contributed by atoms with van der Waals surface area (Å²) in [5.41, 5.74) is 0. The van der Waals surface area contributed by atoms with Crippen molar-refractivity contribution in [1.82, 2.24) is 10.2 Å². The Morgan fingerprint density at radius 1 is 1.14 bits per heavy atom. The second kappa shape index (κ2) is 6.86. The van der Waals surface area contributed by atoms with Gasteiger partial charge in [-0.2, -0.15) is 0 Å². The van der Waals surface area contributed by atoms with Crippen LogP contribution in [0, 0.1) is 12.3 Å². The predicted octanol–water partition coefficient (Wildman–Crippen LogP) is 1.72. The number of hydrogen-bond donors (Lipinski definition) is 1. The molecule has 0 aliphatic rings. The van der Waals surface area contributed by atoms with Crippen LogP contribution in [0.5, 0.6) is 0 Å². The SMILES string of the molecule is C#CC(C)NCCN(C(C)C)C(C)C. The van der Waals surface area contributed by atoms with Crippen LogP contribution in [0.25, 0.3) is 0 Å². The maximum atomic E-state index is 5.28. The molecule has 2 nitrogen and oxygen atoms in total. The number of terminal acetylenes is 1. The summed E-state index contributed by atoms with van der Waals surface area (Å²) in [6.07, 6.45) is 5.28. The Hall–Kier alpha value is -0.520. The van der Waals surface area contributed by atoms with E-state index in [1.54, 1.807) is 0 Å². The molecule has 0 rings (SSSR count). The molecule has 0 saturated carbocycles. The monoisotopic (exact) mass is 196 g/mol. The average Bonchev–Trinajstić information content (AvgIpc) is 2.10. The van der Waals surface area contributed by atoms with Gasteiger partial charge in [-0.05, 0) is 34.6 Å². The van der Waals surface area contributed by atoms with E-state index in [0.29, 0.717) is 12.1 Å². The molecule has 0 aromatic carbocycles. The Labute approximate surface area is 89.1 Å². The van der Waals surface area contributed by atoms with Crippen molar-refractivity contribution in [2.24, 2.45) is 0 Å². The molecule has 0 radical (unpaired) electrons. The van der Waals surface area contributed by atoms with E-state index in [2.05, 4.69) is 43.8 Å². The summed E-state index contributed by atoms with van der Waals surface area (Å²) in [7, 11) is 0. The van der Waals surface area contributed by atoms with E-state index >= 15 is 0 Å². The van der Waals surface area contributed by atoms with Crippen molar-refractivity contribution < 1.29 is 0 Å². The van der Waals surface area contributed by atoms with Crippen molar-refractivity contribution in [3.05, 3.63) is 0 Å². The molecule has 0 bridgehead atoms. The fourth-order valence-electron chi connectivity index (χ4n) is 1.58. The first-order valence-electron chi connectivity index (χ1n) is 5.44. The molecule has 1 unspecified atom stereocenters. The fraction of sp³-hybridized carbons (Fsp3) is 0.833. The molecular weight excluding hydrogens is 172 g/mol. The minimum absolute atomic E-state index is 0.177. The lowest BCUT2D eigenvalue weighted by atomic mass is 10.2. The Bertz CT molecular complexity index is 171. The van der Waals surface area contributed by atoms with Gasteiger partial charge >= 0.3 is 0 Å². The maximum Gasteiger partial charge on any atom is 0.0658 e. The number of nitrogens with zero attached hydrogens (tertiary/aromatic N) is 1. The van der Waals surface area contributed by atoms with E-state index in [1.807, 2.05) is 6.92 Å². The third-order valence-corrected chi connectivity index (χ3v) is 2.40. The van der Waals surface area contributed by atoms with Gasteiger partial charge in [0, 0.05) is 25.2 Å². The summed E-state index contributed by atoms with van der Waals surface area (Å²) in [5.74, 6) is 2.67. The molecule has 82 valence electrons. The van der Waals surface area contributed by atoms with E-state index in [9.17, 15) is 0 Å². The van der Waals surface area contributed by atoms with Gasteiger partial charge in [0.15, 0.2) is 0 Å². The highest BCUT2D eigenvalue weighted by molar-refractivity contribution is 4.95. The van der Waals surface area contributed by atoms with Crippen LogP contribution < -0.4 is 5.32 Å². The predicted molar refractivity (Wildman–Crippen MR) is 63.3 cm³/mol. The van der Waals surface area contributed by atoms with Gasteiger partial charge in [0.05, 0.1) is 6.04 Å². The Morgan fingerprint density at radius 2 is 1.64 bits per heavy atom. The zero-order valence-electron chi connectivity index (χ0n) is 10.2. The van der Waals surface area contributed by atoms with Crippen molar-refractivity contribution in [2.75, 3.05) is 13.1 Å². The van der Waals surface area contributed by atoms with Crippen LogP contribution in [0.2, 0.25) is 0 Å². The smallest absolute Gasteiger partial charge is 0.0658 e. The molecule has 0 aliphatic heterocycles. The van der Waals surface area contributed by atoms with Gasteiger partial charge in [0.2, 0.25) is 0 Å². The quantitative estimate of drug-likeness (QED) is 0.651. The molecule has 0 amide bonds. The molecule has 0 aromatic rings. The first-order chi connectivity index (χ1) is 6.49. The first-order valence-corrected chi connectivity index (χ1v) is 5.44. The van der Waals surface area contributed by atoms with Crippen LogP contribution in [-0.4, -0.2) is 36.1 Å². The summed E-state index contributed by atoms with van der Waals surface area (Å²) in [4.78, 5) is 2.45. The van der Waals surface area contributed by atoms with E-state index < -0.39 is 0 Å². The largest absolute Gasteiger partial charge is 0.303 e. The average molecular weight is 196 g/mol. The van der Waals surface area contributed by atoms with Gasteiger partial charge in [-0.3, -0.25) is 4.90 Å². The Morgan fingerprint density at radius 3 is 2.00 bits per heavy atom. The molecule has 14 heavy (non-hydrogen) atoms. The van der Waals surface area contributed by atoms with Crippen LogP contribution >= 0.6 is 0 Å². The topological polar surface area (TPSA) is 15.3 Å². The summed E-state index contributed by atoms with van der Waals surface area (Å²) in [6.45, 7) is 12.9. The van der Waals surface area contributed by atoms with Crippen molar-refractivity contribution in [3.8, 4) is 12.3 Å². The summed E-state index contributed by atoms with van der Waals surface area (Å²) in [5, 5.41) is 3.29. The van der Waals surface area contributed by atoms with E-state index in [1.165, 1.54) is 0 Å². The molecule has 0 saturated heterocycles. The molecule has 0 aromatic heterocycles. The van der Waals surface area contributed by atoms with E-state index in [0.717, 1.165) is 13.1 Å². The highest BCUT2D eigenvalue weighted by Gasteiger charge is 2.12. The fourth-order valence-corrected chi connectivity index (χ4v) is 1.58. The normalized spacial score (nSPS) is 13.6. The minimum Gasteiger partial charge on any atom is -0.303 e. The van der Waals surface area contributed by atoms with Crippen LogP contribution in [-0.2, 0) is 0 Å². The van der Waals surface area contributed by atoms with Crippen molar-refractivity contribution in [3.63, 3.8) is 0 Å². The van der Waals surface area contributed by atoms with Crippen LogP contribution in [0.1, 0.15) is 34.6 Å². The molecule has 0 spiro atoms. The summed E-state index contributed by atoms with van der Waals surface area (Å²) in [6, 6.07) is 1.37. The molecule has 2 heteroatoms. The van der Waals surface area contributed by atoms with Crippen LogP contribution in [0.4, 0.5) is 0 Å². The van der Waals surface area contributed by atoms with Gasteiger partial charge in [0.25, 0.3) is 0 Å². The van der Waals surface area contributed by atoms with Crippen LogP contribution in [0.15, 0.2) is 0 Å². The zero-order chi connectivity index (χ0) is 11.1. The molecule has 0 fully saturated rings. The van der Waals surface area contributed by atoms with Crippen molar-refractivity contribution >= 4 is 0 Å². The third-order valence-electron chi connectivity index (χ3n) is 2.40. The van der Waals surface area contributed by atoms with E-state index in [-0.39, 0.29) is 6.04 Å². The maximum absolute atomic E-state index is 5.28. The van der Waals surface area contributed by atoms with E-state index in [4.69, 9.17) is 6.42 Å². The second-order valence-corrected chi connectivity index (χ2v) is 4.27. The Balaban J connectivity index is 3.79. The Kier molecular flexibility index (Phi) is 6.61. The van der Waals surface area contributed by atoms with Gasteiger partial charge in [-0.15, -0.1) is 6.42 Å². The minimum atomic E-state index is 0.177. The zero-order valence-corrected chi connectivity index (χ0v) is 10.2. The summed E-state index contributed by atoms with van der Waals surface area (Å²) < 4.78 is 0.